The van der Waals surface area contributed by atoms with Gasteiger partial charge in [0.15, 0.2) is 0 Å². The molecule has 0 saturated heterocycles. The lowest BCUT2D eigenvalue weighted by atomic mass is 9.98. The predicted molar refractivity (Wildman–Crippen MR) is 130 cm³/mol. The van der Waals surface area contributed by atoms with E-state index in [0.717, 1.165) is 77.9 Å². The maximum atomic E-state index is 12.9. The highest BCUT2D eigenvalue weighted by molar-refractivity contribution is 5.70. The summed E-state index contributed by atoms with van der Waals surface area (Å²) in [5.41, 5.74) is 5.91. The minimum atomic E-state index is -0.000837. The number of rotatable bonds is 10. The van der Waals surface area contributed by atoms with Crippen molar-refractivity contribution in [1.29, 1.82) is 0 Å². The Morgan fingerprint density at radius 2 is 1.64 bits per heavy atom. The summed E-state index contributed by atoms with van der Waals surface area (Å²) in [6.07, 6.45) is 6.48. The van der Waals surface area contributed by atoms with Crippen molar-refractivity contribution in [3.63, 3.8) is 0 Å². The van der Waals surface area contributed by atoms with Gasteiger partial charge in [0.2, 0.25) is 5.82 Å². The Balaban J connectivity index is 1.57. The minimum absolute atomic E-state index is 0.000837. The first-order valence-electron chi connectivity index (χ1n) is 11.7. The molecule has 0 spiro atoms. The quantitative estimate of drug-likeness (QED) is 0.364. The van der Waals surface area contributed by atoms with Gasteiger partial charge in [0.25, 0.3) is 5.56 Å². The second-order valence-electron chi connectivity index (χ2n) is 8.33. The molecule has 0 atom stereocenters. The molecule has 2 N–H and O–H groups in total. The zero-order valence-electron chi connectivity index (χ0n) is 19.3. The van der Waals surface area contributed by atoms with Crippen LogP contribution in [-0.2, 0) is 19.3 Å². The van der Waals surface area contributed by atoms with Gasteiger partial charge in [-0.1, -0.05) is 69.2 Å². The number of tetrazole rings is 1. The number of aromatic amines is 2. The minimum Gasteiger partial charge on any atom is -0.310 e. The average Bonchev–Trinajstić information content (AvgIpc) is 3.39. The molecule has 4 rings (SSSR count). The predicted octanol–water partition coefficient (Wildman–Crippen LogP) is 4.89. The molecule has 0 saturated carbocycles. The van der Waals surface area contributed by atoms with Crippen LogP contribution in [0.1, 0.15) is 62.2 Å². The summed E-state index contributed by atoms with van der Waals surface area (Å²) in [4.78, 5) is 20.8. The Hall–Kier alpha value is -3.61. The molecule has 0 unspecified atom stereocenters. The van der Waals surface area contributed by atoms with E-state index in [1.54, 1.807) is 0 Å². The summed E-state index contributed by atoms with van der Waals surface area (Å²) in [5.74, 6) is 1.38. The van der Waals surface area contributed by atoms with Crippen molar-refractivity contribution in [3.8, 4) is 22.5 Å². The van der Waals surface area contributed by atoms with E-state index in [0.29, 0.717) is 12.2 Å². The van der Waals surface area contributed by atoms with Crippen LogP contribution < -0.4 is 5.56 Å². The second-order valence-corrected chi connectivity index (χ2v) is 8.33. The van der Waals surface area contributed by atoms with Gasteiger partial charge in [-0.25, -0.2) is 4.98 Å². The number of benzene rings is 2. The van der Waals surface area contributed by atoms with Gasteiger partial charge in [-0.2, -0.15) is 5.21 Å². The lowest BCUT2D eigenvalue weighted by Crippen LogP contribution is -2.21. The van der Waals surface area contributed by atoms with Gasteiger partial charge in [0, 0.05) is 24.0 Å². The molecule has 2 aromatic heterocycles. The summed E-state index contributed by atoms with van der Waals surface area (Å²) in [7, 11) is 0. The van der Waals surface area contributed by atoms with Crippen molar-refractivity contribution in [2.45, 2.75) is 58.8 Å². The van der Waals surface area contributed by atoms with Crippen molar-refractivity contribution in [2.75, 3.05) is 0 Å². The third kappa shape index (κ3) is 5.61. The van der Waals surface area contributed by atoms with Crippen molar-refractivity contribution < 1.29 is 0 Å². The molecule has 0 bridgehead atoms. The molecule has 0 aliphatic rings. The fourth-order valence-corrected chi connectivity index (χ4v) is 3.93. The van der Waals surface area contributed by atoms with Crippen LogP contribution in [0.15, 0.2) is 53.3 Å². The molecule has 170 valence electrons. The van der Waals surface area contributed by atoms with Crippen molar-refractivity contribution >= 4 is 0 Å². The van der Waals surface area contributed by atoms with E-state index in [1.807, 2.05) is 18.2 Å². The molecule has 2 heterocycles. The molecule has 7 nitrogen and oxygen atoms in total. The van der Waals surface area contributed by atoms with Gasteiger partial charge in [-0.3, -0.25) is 4.79 Å². The van der Waals surface area contributed by atoms with Gasteiger partial charge < -0.3 is 4.98 Å². The van der Waals surface area contributed by atoms with Crippen molar-refractivity contribution in [2.24, 2.45) is 0 Å². The molecule has 2 aromatic carbocycles. The number of hydrogen-bond donors (Lipinski definition) is 2. The van der Waals surface area contributed by atoms with E-state index in [9.17, 15) is 4.79 Å². The molecular formula is C26H30N6O. The van der Waals surface area contributed by atoms with Crippen LogP contribution in [0.2, 0.25) is 0 Å². The van der Waals surface area contributed by atoms with Gasteiger partial charge >= 0.3 is 0 Å². The molecule has 4 aromatic rings. The van der Waals surface area contributed by atoms with Crippen LogP contribution >= 0.6 is 0 Å². The molecule has 33 heavy (non-hydrogen) atoms. The first kappa shape index (κ1) is 22.6. The Morgan fingerprint density at radius 1 is 0.879 bits per heavy atom. The summed E-state index contributed by atoms with van der Waals surface area (Å²) in [6, 6.07) is 16.4. The summed E-state index contributed by atoms with van der Waals surface area (Å²) < 4.78 is 0. The van der Waals surface area contributed by atoms with Crippen LogP contribution in [0.25, 0.3) is 22.5 Å². The van der Waals surface area contributed by atoms with Crippen LogP contribution in [0.4, 0.5) is 0 Å². The van der Waals surface area contributed by atoms with Gasteiger partial charge in [-0.15, -0.1) is 10.2 Å². The molecule has 0 aliphatic heterocycles. The summed E-state index contributed by atoms with van der Waals surface area (Å²) >= 11 is 0. The first-order valence-corrected chi connectivity index (χ1v) is 11.7. The van der Waals surface area contributed by atoms with Gasteiger partial charge in [0.1, 0.15) is 5.82 Å². The topological polar surface area (TPSA) is 100 Å². The zero-order chi connectivity index (χ0) is 23.0. The maximum Gasteiger partial charge on any atom is 0.254 e. The highest BCUT2D eigenvalue weighted by atomic mass is 16.1. The first-order chi connectivity index (χ1) is 16.2. The normalized spacial score (nSPS) is 11.1. The number of aromatic nitrogens is 6. The van der Waals surface area contributed by atoms with E-state index in [1.165, 1.54) is 0 Å². The van der Waals surface area contributed by atoms with Gasteiger partial charge in [0.05, 0.1) is 5.69 Å². The number of unbranched alkanes of at least 4 members (excludes halogenated alkanes) is 2. The highest BCUT2D eigenvalue weighted by Crippen LogP contribution is 2.25. The molecule has 0 aliphatic carbocycles. The lowest BCUT2D eigenvalue weighted by Gasteiger charge is -2.11. The number of nitrogens with zero attached hydrogens (tertiary/aromatic N) is 4. The molecule has 0 amide bonds. The molecule has 7 heteroatoms. The van der Waals surface area contributed by atoms with Crippen molar-refractivity contribution in [3.05, 3.63) is 81.5 Å². The lowest BCUT2D eigenvalue weighted by molar-refractivity contribution is 0.710. The maximum absolute atomic E-state index is 12.9. The molecule has 0 fully saturated rings. The van der Waals surface area contributed by atoms with E-state index in [2.05, 4.69) is 69.8 Å². The fraction of sp³-hybridized carbons (Fsp3) is 0.346. The highest BCUT2D eigenvalue weighted by Gasteiger charge is 2.13. The largest absolute Gasteiger partial charge is 0.310 e. The summed E-state index contributed by atoms with van der Waals surface area (Å²) in [5, 5.41) is 14.2. The third-order valence-corrected chi connectivity index (χ3v) is 5.82. The number of nitrogens with one attached hydrogen (secondary N) is 2. The zero-order valence-corrected chi connectivity index (χ0v) is 19.3. The van der Waals surface area contributed by atoms with E-state index >= 15 is 0 Å². The fourth-order valence-electron chi connectivity index (χ4n) is 3.93. The SMILES string of the molecule is CCCCc1nc(CCCC)c(Cc2ccc(-c3cccc(-c4nn[nH]n4)c3)cc2)c(=O)[nH]1. The average molecular weight is 443 g/mol. The molecule has 0 radical (unpaired) electrons. The number of hydrogen-bond acceptors (Lipinski definition) is 5. The van der Waals surface area contributed by atoms with E-state index in [4.69, 9.17) is 4.98 Å². The van der Waals surface area contributed by atoms with E-state index < -0.39 is 0 Å². The third-order valence-electron chi connectivity index (χ3n) is 5.82. The number of H-pyrrole nitrogens is 2. The smallest absolute Gasteiger partial charge is 0.254 e. The van der Waals surface area contributed by atoms with E-state index in [-0.39, 0.29) is 5.56 Å². The Kier molecular flexibility index (Phi) is 7.40. The summed E-state index contributed by atoms with van der Waals surface area (Å²) in [6.45, 7) is 4.31. The second kappa shape index (κ2) is 10.8. The standard InChI is InChI=1S/C26H30N6O/c1-3-5-10-23-22(26(33)28-24(27-23)11-6-4-2)16-18-12-14-19(15-13-18)20-8-7-9-21(17-20)25-29-31-32-30-25/h7-9,12-15,17H,3-6,10-11,16H2,1-2H3,(H,27,28,33)(H,29,30,31,32). The Morgan fingerprint density at radius 3 is 2.36 bits per heavy atom. The monoisotopic (exact) mass is 442 g/mol. The van der Waals surface area contributed by atoms with Crippen LogP contribution in [0.5, 0.6) is 0 Å². The van der Waals surface area contributed by atoms with Gasteiger partial charge in [-0.05, 0) is 47.2 Å². The number of aryl methyl sites for hydroxylation is 2. The van der Waals surface area contributed by atoms with Crippen LogP contribution in [0, 0.1) is 0 Å². The Labute approximate surface area is 193 Å². The van der Waals surface area contributed by atoms with Crippen LogP contribution in [-0.4, -0.2) is 30.6 Å². The van der Waals surface area contributed by atoms with Crippen LogP contribution in [0.3, 0.4) is 0 Å². The molecular weight excluding hydrogens is 412 g/mol. The Bertz CT molecular complexity index is 1230. The van der Waals surface area contributed by atoms with Crippen molar-refractivity contribution in [1.82, 2.24) is 30.6 Å².